The average Bonchev–Trinajstić information content (AvgIpc) is 3.30. The summed E-state index contributed by atoms with van der Waals surface area (Å²) >= 11 is 0. The Kier molecular flexibility index (Phi) is 5.58. The molecule has 4 heterocycles. The molecular formula is C28H34N6O. The van der Waals surface area contributed by atoms with Crippen LogP contribution in [0.1, 0.15) is 73.1 Å². The number of benzene rings is 1. The van der Waals surface area contributed by atoms with Crippen molar-refractivity contribution in [2.24, 2.45) is 5.92 Å². The van der Waals surface area contributed by atoms with E-state index < -0.39 is 0 Å². The lowest BCUT2D eigenvalue weighted by molar-refractivity contribution is 0.0784. The lowest BCUT2D eigenvalue weighted by Gasteiger charge is -2.33. The second-order valence-corrected chi connectivity index (χ2v) is 10.9. The van der Waals surface area contributed by atoms with Gasteiger partial charge < -0.3 is 9.80 Å². The maximum atomic E-state index is 13.8. The van der Waals surface area contributed by atoms with Gasteiger partial charge in [0, 0.05) is 49.9 Å². The third kappa shape index (κ3) is 4.11. The summed E-state index contributed by atoms with van der Waals surface area (Å²) in [5.74, 6) is 1.79. The first-order valence-electron chi connectivity index (χ1n) is 13.0. The molecule has 35 heavy (non-hydrogen) atoms. The van der Waals surface area contributed by atoms with Crippen LogP contribution in [0.3, 0.4) is 0 Å². The largest absolute Gasteiger partial charge is 0.341 e. The molecule has 1 amide bonds. The normalized spacial score (nSPS) is 24.1. The fourth-order valence-corrected chi connectivity index (χ4v) is 6.02. The molecule has 7 nitrogen and oxygen atoms in total. The third-order valence-electron chi connectivity index (χ3n) is 8.37. The highest BCUT2D eigenvalue weighted by Gasteiger charge is 2.47. The Bertz CT molecular complexity index is 1180. The van der Waals surface area contributed by atoms with Gasteiger partial charge in [0.05, 0.1) is 23.5 Å². The van der Waals surface area contributed by atoms with E-state index in [-0.39, 0.29) is 11.3 Å². The number of anilines is 1. The van der Waals surface area contributed by atoms with Gasteiger partial charge in [-0.3, -0.25) is 9.48 Å². The minimum atomic E-state index is 0.0609. The van der Waals surface area contributed by atoms with Crippen LogP contribution in [-0.2, 0) is 5.41 Å². The minimum absolute atomic E-state index is 0.0609. The Labute approximate surface area is 207 Å². The van der Waals surface area contributed by atoms with Crippen LogP contribution in [-0.4, -0.2) is 56.7 Å². The maximum Gasteiger partial charge on any atom is 0.257 e. The van der Waals surface area contributed by atoms with Crippen molar-refractivity contribution in [2.75, 3.05) is 31.1 Å². The quantitative estimate of drug-likeness (QED) is 0.551. The number of hydrogen-bond donors (Lipinski definition) is 0. The lowest BCUT2D eigenvalue weighted by atomic mass is 9.90. The van der Waals surface area contributed by atoms with Crippen LogP contribution in [0.15, 0.2) is 55.0 Å². The number of rotatable bonds is 5. The summed E-state index contributed by atoms with van der Waals surface area (Å²) in [6, 6.07) is 12.8. The topological polar surface area (TPSA) is 67.2 Å². The summed E-state index contributed by atoms with van der Waals surface area (Å²) in [6.45, 7) is 7.94. The van der Waals surface area contributed by atoms with Gasteiger partial charge in [0.25, 0.3) is 5.91 Å². The predicted octanol–water partition coefficient (Wildman–Crippen LogP) is 4.44. The number of likely N-dealkylation sites (tertiary alicyclic amines) is 1. The molecule has 6 rings (SSSR count). The molecule has 0 radical (unpaired) electrons. The number of carbonyl (C=O) groups is 1. The smallest absolute Gasteiger partial charge is 0.257 e. The van der Waals surface area contributed by atoms with E-state index in [2.05, 4.69) is 68.6 Å². The van der Waals surface area contributed by atoms with Crippen LogP contribution in [0.25, 0.3) is 0 Å². The summed E-state index contributed by atoms with van der Waals surface area (Å²) in [5, 5.41) is 4.85. The Hall–Kier alpha value is -3.22. The van der Waals surface area contributed by atoms with Crippen molar-refractivity contribution in [2.45, 2.75) is 56.9 Å². The number of hydrogen-bond acceptors (Lipinski definition) is 5. The van der Waals surface area contributed by atoms with E-state index in [1.54, 1.807) is 12.4 Å². The number of carbonyl (C=O) groups excluding carboxylic acids is 1. The zero-order valence-corrected chi connectivity index (χ0v) is 20.7. The van der Waals surface area contributed by atoms with Gasteiger partial charge in [0.2, 0.25) is 5.95 Å². The summed E-state index contributed by atoms with van der Waals surface area (Å²) in [5.41, 5.74) is 3.37. The van der Waals surface area contributed by atoms with Crippen LogP contribution in [0, 0.1) is 5.92 Å². The van der Waals surface area contributed by atoms with Gasteiger partial charge in [-0.15, -0.1) is 0 Å². The molecular weight excluding hydrogens is 436 g/mol. The van der Waals surface area contributed by atoms with E-state index >= 15 is 0 Å². The first-order valence-corrected chi connectivity index (χ1v) is 13.0. The molecule has 0 bridgehead atoms. The zero-order chi connectivity index (χ0) is 24.0. The molecule has 3 aliphatic rings. The zero-order valence-electron chi connectivity index (χ0n) is 20.7. The molecule has 2 saturated heterocycles. The van der Waals surface area contributed by atoms with Crippen molar-refractivity contribution < 1.29 is 4.79 Å². The molecule has 7 heteroatoms. The second-order valence-electron chi connectivity index (χ2n) is 10.9. The molecule has 2 aliphatic heterocycles. The number of aromatic nitrogens is 4. The highest BCUT2D eigenvalue weighted by atomic mass is 16.2. The van der Waals surface area contributed by atoms with Gasteiger partial charge in [-0.1, -0.05) is 44.2 Å². The monoisotopic (exact) mass is 470 g/mol. The Morgan fingerprint density at radius 2 is 1.71 bits per heavy atom. The third-order valence-corrected chi connectivity index (χ3v) is 8.37. The molecule has 182 valence electrons. The maximum absolute atomic E-state index is 13.8. The number of piperidine rings is 1. The molecule has 0 spiro atoms. The fourth-order valence-electron chi connectivity index (χ4n) is 6.02. The second kappa shape index (κ2) is 8.77. The Morgan fingerprint density at radius 1 is 1.00 bits per heavy atom. The van der Waals surface area contributed by atoms with Crippen molar-refractivity contribution >= 4 is 11.9 Å². The van der Waals surface area contributed by atoms with Crippen LogP contribution >= 0.6 is 0 Å². The molecule has 0 N–H and O–H groups in total. The van der Waals surface area contributed by atoms with Crippen molar-refractivity contribution in [1.82, 2.24) is 24.6 Å². The molecule has 1 aliphatic carbocycles. The van der Waals surface area contributed by atoms with E-state index in [1.165, 1.54) is 5.56 Å². The van der Waals surface area contributed by atoms with Crippen LogP contribution in [0.2, 0.25) is 0 Å². The SMILES string of the molecule is C[C@@H]1CN(C(=O)c2cnn(C3CCN(c4ncccn4)CC3)c2C2(C)CC2)C[C@@H]1c1ccccc1. The van der Waals surface area contributed by atoms with Crippen molar-refractivity contribution in [3.63, 3.8) is 0 Å². The van der Waals surface area contributed by atoms with Crippen LogP contribution < -0.4 is 4.90 Å². The Balaban J connectivity index is 1.22. The minimum Gasteiger partial charge on any atom is -0.341 e. The molecule has 1 saturated carbocycles. The Morgan fingerprint density at radius 3 is 2.40 bits per heavy atom. The summed E-state index contributed by atoms with van der Waals surface area (Å²) in [7, 11) is 0. The van der Waals surface area contributed by atoms with E-state index in [4.69, 9.17) is 5.10 Å². The van der Waals surface area contributed by atoms with E-state index in [0.29, 0.717) is 17.9 Å². The first kappa shape index (κ1) is 22.3. The molecule has 1 aromatic carbocycles. The van der Waals surface area contributed by atoms with E-state index in [9.17, 15) is 4.79 Å². The van der Waals surface area contributed by atoms with Gasteiger partial charge >= 0.3 is 0 Å². The number of amides is 1. The van der Waals surface area contributed by atoms with E-state index in [0.717, 1.165) is 69.1 Å². The standard InChI is InChI=1S/C28H34N6O/c1-20-18-33(19-24(20)21-7-4-3-5-8-21)26(35)23-17-31-34(25(23)28(2)11-12-28)22-9-15-32(16-10-22)27-29-13-6-14-30-27/h3-8,13-14,17,20,22,24H,9-12,15-16,18-19H2,1-2H3/t20-,24+/m1/s1. The fraction of sp³-hybridized carbons (Fsp3) is 0.500. The number of nitrogens with zero attached hydrogens (tertiary/aromatic N) is 6. The van der Waals surface area contributed by atoms with Gasteiger partial charge in [0.1, 0.15) is 0 Å². The molecule has 2 atom stereocenters. The van der Waals surface area contributed by atoms with Crippen molar-refractivity contribution in [1.29, 1.82) is 0 Å². The lowest BCUT2D eigenvalue weighted by Crippen LogP contribution is -2.37. The summed E-state index contributed by atoms with van der Waals surface area (Å²) in [4.78, 5) is 27.0. The summed E-state index contributed by atoms with van der Waals surface area (Å²) in [6.07, 6.45) is 9.66. The van der Waals surface area contributed by atoms with Crippen molar-refractivity contribution in [3.05, 3.63) is 71.8 Å². The van der Waals surface area contributed by atoms with E-state index in [1.807, 2.05) is 12.3 Å². The molecule has 3 aromatic rings. The highest BCUT2D eigenvalue weighted by Crippen LogP contribution is 2.50. The van der Waals surface area contributed by atoms with Gasteiger partial charge in [0.15, 0.2) is 0 Å². The van der Waals surface area contributed by atoms with Crippen LogP contribution in [0.5, 0.6) is 0 Å². The van der Waals surface area contributed by atoms with Gasteiger partial charge in [-0.05, 0) is 43.2 Å². The predicted molar refractivity (Wildman–Crippen MR) is 136 cm³/mol. The van der Waals surface area contributed by atoms with Gasteiger partial charge in [-0.2, -0.15) is 5.10 Å². The average molecular weight is 471 g/mol. The molecule has 0 unspecified atom stereocenters. The first-order chi connectivity index (χ1) is 17.0. The van der Waals surface area contributed by atoms with Crippen molar-refractivity contribution in [3.8, 4) is 0 Å². The van der Waals surface area contributed by atoms with Crippen LogP contribution in [0.4, 0.5) is 5.95 Å². The molecule has 2 aromatic heterocycles. The van der Waals surface area contributed by atoms with Gasteiger partial charge in [-0.25, -0.2) is 9.97 Å². The highest BCUT2D eigenvalue weighted by molar-refractivity contribution is 5.96. The summed E-state index contributed by atoms with van der Waals surface area (Å²) < 4.78 is 2.21. The molecule has 3 fully saturated rings.